The van der Waals surface area contributed by atoms with Gasteiger partial charge in [0, 0.05) is 16.3 Å². The van der Waals surface area contributed by atoms with Crippen molar-refractivity contribution in [3.05, 3.63) is 127 Å². The number of hydrogen-bond acceptors (Lipinski definition) is 11. The Morgan fingerprint density at radius 2 is 1.21 bits per heavy atom. The Bertz CT molecular complexity index is 2030. The maximum Gasteiger partial charge on any atom is 0.217 e. The number of thiazole rings is 3. The van der Waals surface area contributed by atoms with Crippen LogP contribution >= 0.6 is 86.7 Å². The third-order valence-corrected chi connectivity index (χ3v) is 15.0. The van der Waals surface area contributed by atoms with Crippen molar-refractivity contribution in [2.24, 2.45) is 5.73 Å². The standard InChI is InChI=1S/C13H15NS2.C12H14N2O2S2.C8H10S.C5H6BrNS.ClH/c1-3-10-7-5-6-8-11(10)15-13-9-14-12(4-2)16-13;1-2-9-5-3-4-6-10(9)18(15,16)12-8-14-11(7-13)17-12;1-2-7-5-3-4-6-8(7)9;1-2-5-7-3-4(6)8-5;/h5-9H,3-4H2,1-2H3;3-6,8H,2,7,13H2,1H3;3-6,9H,2H2,1H3;3H,2H2,1H3;1H. The minimum atomic E-state index is -3.47. The largest absolute Gasteiger partial charge is 0.325 e. The monoisotopic (exact) mass is 896 g/mol. The number of aromatic nitrogens is 3. The van der Waals surface area contributed by atoms with Gasteiger partial charge in [0.15, 0.2) is 0 Å². The Morgan fingerprint density at radius 1 is 0.673 bits per heavy atom. The summed E-state index contributed by atoms with van der Waals surface area (Å²) < 4.78 is 27.6. The van der Waals surface area contributed by atoms with E-state index < -0.39 is 9.84 Å². The van der Waals surface area contributed by atoms with Gasteiger partial charge < -0.3 is 5.73 Å². The van der Waals surface area contributed by atoms with Crippen LogP contribution in [0.2, 0.25) is 0 Å². The summed E-state index contributed by atoms with van der Waals surface area (Å²) >= 11 is 14.1. The molecule has 0 aliphatic heterocycles. The number of halogens is 2. The topological polar surface area (TPSA) is 98.8 Å². The van der Waals surface area contributed by atoms with Crippen LogP contribution < -0.4 is 5.73 Å². The lowest BCUT2D eigenvalue weighted by atomic mass is 10.2. The molecule has 0 unspecified atom stereocenters. The van der Waals surface area contributed by atoms with E-state index in [0.29, 0.717) is 16.3 Å². The molecule has 6 rings (SSSR count). The van der Waals surface area contributed by atoms with Gasteiger partial charge in [-0.3, -0.25) is 0 Å². The van der Waals surface area contributed by atoms with E-state index in [9.17, 15) is 8.42 Å². The summed E-state index contributed by atoms with van der Waals surface area (Å²) in [6.07, 6.45) is 10.1. The summed E-state index contributed by atoms with van der Waals surface area (Å²) in [7, 11) is -3.47. The molecule has 3 aromatic heterocycles. The quantitative estimate of drug-likeness (QED) is 0.132. The highest BCUT2D eigenvalue weighted by Gasteiger charge is 2.22. The molecule has 14 heteroatoms. The maximum absolute atomic E-state index is 12.5. The summed E-state index contributed by atoms with van der Waals surface area (Å²) in [6, 6.07) is 23.8. The smallest absolute Gasteiger partial charge is 0.217 e. The number of sulfone groups is 1. The van der Waals surface area contributed by atoms with Gasteiger partial charge in [-0.05, 0) is 82.9 Å². The van der Waals surface area contributed by atoms with E-state index in [0.717, 1.165) is 51.3 Å². The van der Waals surface area contributed by atoms with Crippen LogP contribution in [0, 0.1) is 0 Å². The third kappa shape index (κ3) is 14.3. The van der Waals surface area contributed by atoms with Crippen molar-refractivity contribution < 1.29 is 8.42 Å². The fourth-order valence-corrected chi connectivity index (χ4v) is 10.9. The van der Waals surface area contributed by atoms with Gasteiger partial charge in [-0.25, -0.2) is 23.4 Å². The van der Waals surface area contributed by atoms with Crippen molar-refractivity contribution in [3.63, 3.8) is 0 Å². The van der Waals surface area contributed by atoms with Gasteiger partial charge in [-0.15, -0.1) is 59.0 Å². The van der Waals surface area contributed by atoms with Crippen LogP contribution in [0.25, 0.3) is 0 Å². The van der Waals surface area contributed by atoms with Crippen molar-refractivity contribution >= 4 is 96.6 Å². The summed E-state index contributed by atoms with van der Waals surface area (Å²) in [6.45, 7) is 10.8. The first-order valence-electron chi connectivity index (χ1n) is 16.6. The lowest BCUT2D eigenvalue weighted by molar-refractivity contribution is 0.597. The van der Waals surface area contributed by atoms with E-state index in [4.69, 9.17) is 5.73 Å². The highest BCUT2D eigenvalue weighted by molar-refractivity contribution is 9.11. The molecule has 6 aromatic rings. The minimum Gasteiger partial charge on any atom is -0.325 e. The lowest BCUT2D eigenvalue weighted by Crippen LogP contribution is -2.03. The minimum absolute atomic E-state index is 0. The molecule has 0 aliphatic carbocycles. The van der Waals surface area contributed by atoms with E-state index >= 15 is 0 Å². The van der Waals surface area contributed by atoms with Gasteiger partial charge >= 0.3 is 0 Å². The first-order chi connectivity index (χ1) is 24.6. The second kappa shape index (κ2) is 24.4. The van der Waals surface area contributed by atoms with Gasteiger partial charge in [0.05, 0.1) is 41.5 Å². The lowest BCUT2D eigenvalue weighted by Gasteiger charge is -2.06. The SMILES string of the molecule is CCc1ccccc1S.CCc1ccccc1S(=O)(=O)c1cnc(CN)s1.CCc1ncc(Br)s1.CCc1ncc(Sc2ccccc2CC)s1.Cl. The summed E-state index contributed by atoms with van der Waals surface area (Å²) in [5.41, 5.74) is 9.01. The van der Waals surface area contributed by atoms with Crippen molar-refractivity contribution in [1.82, 2.24) is 15.0 Å². The molecule has 0 aliphatic rings. The van der Waals surface area contributed by atoms with Gasteiger partial charge in [0.25, 0.3) is 0 Å². The van der Waals surface area contributed by atoms with Crippen molar-refractivity contribution in [1.29, 1.82) is 0 Å². The van der Waals surface area contributed by atoms with E-state index in [2.05, 4.69) is 102 Å². The second-order valence-electron chi connectivity index (χ2n) is 10.6. The molecule has 52 heavy (non-hydrogen) atoms. The fraction of sp³-hybridized carbons (Fsp3) is 0.289. The molecule has 0 radical (unpaired) electrons. The number of benzene rings is 3. The zero-order valence-electron chi connectivity index (χ0n) is 29.9. The summed E-state index contributed by atoms with van der Waals surface area (Å²) in [4.78, 5) is 15.3. The molecule has 0 bridgehead atoms. The average Bonchev–Trinajstić information content (AvgIpc) is 3.94. The van der Waals surface area contributed by atoms with Crippen molar-refractivity contribution in [2.45, 2.75) is 96.4 Å². The Labute approximate surface area is 346 Å². The second-order valence-corrected chi connectivity index (χ2v) is 19.3. The Kier molecular flexibility index (Phi) is 21.6. The van der Waals surface area contributed by atoms with Crippen LogP contribution in [-0.2, 0) is 48.5 Å². The van der Waals surface area contributed by atoms with E-state index in [1.165, 1.54) is 36.4 Å². The van der Waals surface area contributed by atoms with E-state index in [1.54, 1.807) is 34.8 Å². The molecule has 3 aromatic carbocycles. The number of thiol groups is 1. The first kappa shape index (κ1) is 46.1. The third-order valence-electron chi connectivity index (χ3n) is 7.21. The van der Waals surface area contributed by atoms with Crippen molar-refractivity contribution in [3.8, 4) is 0 Å². The van der Waals surface area contributed by atoms with Crippen LogP contribution in [0.3, 0.4) is 0 Å². The van der Waals surface area contributed by atoms with Gasteiger partial charge in [-0.1, -0.05) is 101 Å². The zero-order chi connectivity index (χ0) is 37.2. The number of aryl methyl sites for hydroxylation is 5. The molecule has 6 nitrogen and oxygen atoms in total. The Hall–Kier alpha value is -2.07. The summed E-state index contributed by atoms with van der Waals surface area (Å²) in [5.74, 6) is 0. The van der Waals surface area contributed by atoms with Gasteiger partial charge in [-0.2, -0.15) is 0 Å². The van der Waals surface area contributed by atoms with Crippen LogP contribution in [-0.4, -0.2) is 23.4 Å². The van der Waals surface area contributed by atoms with Crippen LogP contribution in [0.4, 0.5) is 0 Å². The molecular weight excluding hydrogens is 852 g/mol. The Morgan fingerprint density at radius 3 is 1.71 bits per heavy atom. The van der Waals surface area contributed by atoms with Crippen LogP contribution in [0.5, 0.6) is 0 Å². The van der Waals surface area contributed by atoms with Crippen LogP contribution in [0.1, 0.15) is 66.3 Å². The predicted octanol–water partition coefficient (Wildman–Crippen LogP) is 11.8. The van der Waals surface area contributed by atoms with Crippen molar-refractivity contribution in [2.75, 3.05) is 0 Å². The highest BCUT2D eigenvalue weighted by Crippen LogP contribution is 2.34. The van der Waals surface area contributed by atoms with E-state index in [1.807, 2.05) is 61.4 Å². The van der Waals surface area contributed by atoms with Gasteiger partial charge in [0.1, 0.15) is 9.22 Å². The molecule has 3 heterocycles. The summed E-state index contributed by atoms with van der Waals surface area (Å²) in [5, 5.41) is 3.04. The molecule has 0 atom stereocenters. The number of nitrogens with two attached hydrogens (primary N) is 1. The fourth-order valence-electron chi connectivity index (χ4n) is 4.45. The number of nitrogens with zero attached hydrogens (tertiary/aromatic N) is 3. The van der Waals surface area contributed by atoms with E-state index in [-0.39, 0.29) is 23.2 Å². The predicted molar refractivity (Wildman–Crippen MR) is 232 cm³/mol. The number of rotatable bonds is 10. The average molecular weight is 899 g/mol. The first-order valence-corrected chi connectivity index (χ1v) is 22.6. The molecule has 280 valence electrons. The van der Waals surface area contributed by atoms with Crippen LogP contribution in [0.15, 0.2) is 118 Å². The molecule has 0 saturated carbocycles. The number of hydrogen-bond donors (Lipinski definition) is 2. The zero-order valence-corrected chi connectivity index (χ0v) is 37.3. The molecule has 0 amide bonds. The molecule has 0 spiro atoms. The highest BCUT2D eigenvalue weighted by atomic mass is 79.9. The molecule has 2 N–H and O–H groups in total. The normalized spacial score (nSPS) is 10.5. The molecular formula is C38H46BrClN4O2S6. The molecule has 0 fully saturated rings. The molecule has 0 saturated heterocycles. The van der Waals surface area contributed by atoms with Gasteiger partial charge in [0.2, 0.25) is 9.84 Å². The maximum atomic E-state index is 12.5. The Balaban J connectivity index is 0.000000251.